The van der Waals surface area contributed by atoms with Gasteiger partial charge in [-0.2, -0.15) is 0 Å². The topological polar surface area (TPSA) is 79.1 Å². The molecule has 0 saturated heterocycles. The molecule has 1 heterocycles. The number of nitrogens with zero attached hydrogens (tertiary/aromatic N) is 3. The molecule has 4 N–H and O–H groups in total. The Hall–Kier alpha value is -1.40. The summed E-state index contributed by atoms with van der Waals surface area (Å²) in [4.78, 5) is 7.83. The van der Waals surface area contributed by atoms with E-state index in [1.165, 1.54) is 6.33 Å². The van der Waals surface area contributed by atoms with E-state index in [2.05, 4.69) is 20.8 Å². The number of nitrogens with two attached hydrogens (primary N) is 1. The zero-order chi connectivity index (χ0) is 8.97. The molecule has 0 aliphatic rings. The molecule has 0 radical (unpaired) electrons. The van der Waals surface area contributed by atoms with Crippen LogP contribution in [0.4, 0.5) is 11.6 Å². The fraction of sp³-hybridized carbons (Fsp3) is 0.333. The van der Waals surface area contributed by atoms with Crippen molar-refractivity contribution in [3.8, 4) is 0 Å². The highest BCUT2D eigenvalue weighted by atomic mass is 15.5. The lowest BCUT2D eigenvalue weighted by Gasteiger charge is -2.12. The monoisotopic (exact) mass is 168 g/mol. The Bertz CT molecular complexity index is 248. The molecule has 6 heteroatoms. The smallest absolute Gasteiger partial charge is 0.145 e. The highest BCUT2D eigenvalue weighted by Crippen LogP contribution is 2.06. The lowest BCUT2D eigenvalue weighted by atomic mass is 10.5. The summed E-state index contributed by atoms with van der Waals surface area (Å²) in [6, 6.07) is 1.71. The summed E-state index contributed by atoms with van der Waals surface area (Å²) in [6.45, 7) is 0. The van der Waals surface area contributed by atoms with Crippen molar-refractivity contribution in [2.75, 3.05) is 24.9 Å². The van der Waals surface area contributed by atoms with Crippen molar-refractivity contribution in [3.05, 3.63) is 12.4 Å². The van der Waals surface area contributed by atoms with E-state index < -0.39 is 0 Å². The van der Waals surface area contributed by atoms with E-state index in [0.717, 1.165) is 0 Å². The van der Waals surface area contributed by atoms with Gasteiger partial charge in [-0.1, -0.05) is 0 Å². The maximum absolute atomic E-state index is 5.17. The molecule has 1 aromatic heterocycles. The standard InChI is InChI=1S/C6H12N6/c1-12(2)11-6-3-5(10-7)8-4-9-6/h3-4H,7H2,1-2H3,(H2,8,9,10,11). The first-order valence-electron chi connectivity index (χ1n) is 3.45. The van der Waals surface area contributed by atoms with Crippen LogP contribution in [0.1, 0.15) is 0 Å². The number of hydrazine groups is 2. The zero-order valence-corrected chi connectivity index (χ0v) is 7.07. The largest absolute Gasteiger partial charge is 0.308 e. The minimum atomic E-state index is 0.578. The van der Waals surface area contributed by atoms with Crippen LogP contribution in [0, 0.1) is 0 Å². The van der Waals surface area contributed by atoms with Crippen molar-refractivity contribution in [2.24, 2.45) is 5.84 Å². The van der Waals surface area contributed by atoms with Crippen molar-refractivity contribution in [1.82, 2.24) is 15.0 Å². The van der Waals surface area contributed by atoms with Crippen LogP contribution in [-0.2, 0) is 0 Å². The minimum Gasteiger partial charge on any atom is -0.308 e. The van der Waals surface area contributed by atoms with Gasteiger partial charge in [0.05, 0.1) is 0 Å². The van der Waals surface area contributed by atoms with Gasteiger partial charge in [-0.05, 0) is 0 Å². The van der Waals surface area contributed by atoms with E-state index >= 15 is 0 Å². The third kappa shape index (κ3) is 2.33. The van der Waals surface area contributed by atoms with Crippen LogP contribution in [0.25, 0.3) is 0 Å². The first-order chi connectivity index (χ1) is 5.72. The van der Waals surface area contributed by atoms with Crippen molar-refractivity contribution in [1.29, 1.82) is 0 Å². The van der Waals surface area contributed by atoms with Crippen LogP contribution in [0.15, 0.2) is 12.4 Å². The third-order valence-corrected chi connectivity index (χ3v) is 1.15. The summed E-state index contributed by atoms with van der Waals surface area (Å²) < 4.78 is 0. The molecule has 0 unspecified atom stereocenters. The first kappa shape index (κ1) is 8.69. The van der Waals surface area contributed by atoms with Crippen molar-refractivity contribution in [3.63, 3.8) is 0 Å². The Labute approximate surface area is 70.7 Å². The van der Waals surface area contributed by atoms with Crippen molar-refractivity contribution >= 4 is 11.6 Å². The van der Waals surface area contributed by atoms with E-state index in [0.29, 0.717) is 11.6 Å². The fourth-order valence-corrected chi connectivity index (χ4v) is 0.726. The molecule has 66 valence electrons. The van der Waals surface area contributed by atoms with Gasteiger partial charge in [-0.15, -0.1) is 0 Å². The fourth-order valence-electron chi connectivity index (χ4n) is 0.726. The summed E-state index contributed by atoms with van der Waals surface area (Å²) in [5.41, 5.74) is 5.40. The Morgan fingerprint density at radius 2 is 2.00 bits per heavy atom. The summed E-state index contributed by atoms with van der Waals surface area (Å²) >= 11 is 0. The maximum Gasteiger partial charge on any atom is 0.145 e. The van der Waals surface area contributed by atoms with E-state index in [1.807, 2.05) is 14.1 Å². The zero-order valence-electron chi connectivity index (χ0n) is 7.07. The number of nitrogens with one attached hydrogen (secondary N) is 2. The molecule has 1 rings (SSSR count). The van der Waals surface area contributed by atoms with E-state index in [-0.39, 0.29) is 0 Å². The number of anilines is 2. The number of aromatic nitrogens is 2. The number of nitrogen functional groups attached to an aromatic ring is 1. The van der Waals surface area contributed by atoms with Gasteiger partial charge in [0.15, 0.2) is 0 Å². The SMILES string of the molecule is CN(C)Nc1cc(NN)ncn1. The Balaban J connectivity index is 2.72. The van der Waals surface area contributed by atoms with Crippen LogP contribution in [0.2, 0.25) is 0 Å². The predicted octanol–water partition coefficient (Wildman–Crippen LogP) is -0.349. The number of rotatable bonds is 3. The molecule has 0 aromatic carbocycles. The van der Waals surface area contributed by atoms with Crippen molar-refractivity contribution < 1.29 is 0 Å². The molecule has 0 amide bonds. The second kappa shape index (κ2) is 3.84. The van der Waals surface area contributed by atoms with Crippen molar-refractivity contribution in [2.45, 2.75) is 0 Å². The van der Waals surface area contributed by atoms with Crippen LogP contribution in [-0.4, -0.2) is 29.1 Å². The second-order valence-electron chi connectivity index (χ2n) is 2.44. The van der Waals surface area contributed by atoms with Gasteiger partial charge in [-0.25, -0.2) is 20.8 Å². The lowest BCUT2D eigenvalue weighted by molar-refractivity contribution is 0.492. The number of hydrogen-bond donors (Lipinski definition) is 3. The van der Waals surface area contributed by atoms with Gasteiger partial charge < -0.3 is 10.9 Å². The van der Waals surface area contributed by atoms with E-state index in [9.17, 15) is 0 Å². The van der Waals surface area contributed by atoms with Gasteiger partial charge in [0, 0.05) is 20.2 Å². The molecule has 0 aliphatic carbocycles. The summed E-state index contributed by atoms with van der Waals surface area (Å²) in [7, 11) is 3.75. The van der Waals surface area contributed by atoms with Gasteiger partial charge in [-0.3, -0.25) is 0 Å². The molecule has 1 aromatic rings. The molecule has 0 bridgehead atoms. The molecule has 0 saturated carbocycles. The average molecular weight is 168 g/mol. The van der Waals surface area contributed by atoms with Crippen LogP contribution >= 0.6 is 0 Å². The molecule has 0 spiro atoms. The molecule has 0 fully saturated rings. The first-order valence-corrected chi connectivity index (χ1v) is 3.45. The van der Waals surface area contributed by atoms with Crippen LogP contribution < -0.4 is 16.7 Å². The molecular formula is C6H12N6. The summed E-state index contributed by atoms with van der Waals surface area (Å²) in [5, 5.41) is 1.78. The Morgan fingerprint density at radius 1 is 1.33 bits per heavy atom. The summed E-state index contributed by atoms with van der Waals surface area (Å²) in [5.74, 6) is 6.44. The molecule has 0 atom stereocenters. The Morgan fingerprint density at radius 3 is 2.58 bits per heavy atom. The van der Waals surface area contributed by atoms with Crippen LogP contribution in [0.3, 0.4) is 0 Å². The van der Waals surface area contributed by atoms with E-state index in [4.69, 9.17) is 5.84 Å². The van der Waals surface area contributed by atoms with Gasteiger partial charge >= 0.3 is 0 Å². The minimum absolute atomic E-state index is 0.578. The van der Waals surface area contributed by atoms with Crippen LogP contribution in [0.5, 0.6) is 0 Å². The second-order valence-corrected chi connectivity index (χ2v) is 2.44. The van der Waals surface area contributed by atoms with Gasteiger partial charge in [0.2, 0.25) is 0 Å². The molecule has 0 aliphatic heterocycles. The average Bonchev–Trinajstić information content (AvgIpc) is 2.03. The van der Waals surface area contributed by atoms with Gasteiger partial charge in [0.1, 0.15) is 18.0 Å². The maximum atomic E-state index is 5.17. The predicted molar refractivity (Wildman–Crippen MR) is 47.2 cm³/mol. The highest BCUT2D eigenvalue weighted by Gasteiger charge is 1.96. The molecular weight excluding hydrogens is 156 g/mol. The lowest BCUT2D eigenvalue weighted by Crippen LogP contribution is -2.20. The highest BCUT2D eigenvalue weighted by molar-refractivity contribution is 5.44. The normalized spacial score (nSPS) is 10.0. The molecule has 12 heavy (non-hydrogen) atoms. The summed E-state index contributed by atoms with van der Waals surface area (Å²) in [6.07, 6.45) is 1.43. The Kier molecular flexibility index (Phi) is 2.78. The van der Waals surface area contributed by atoms with E-state index in [1.54, 1.807) is 11.1 Å². The molecule has 6 nitrogen and oxygen atoms in total. The van der Waals surface area contributed by atoms with Gasteiger partial charge in [0.25, 0.3) is 0 Å². The number of hydrogen-bond acceptors (Lipinski definition) is 6. The third-order valence-electron chi connectivity index (χ3n) is 1.15. The quantitative estimate of drug-likeness (QED) is 0.423.